The van der Waals surface area contributed by atoms with Gasteiger partial charge in [-0.1, -0.05) is 32.5 Å². The van der Waals surface area contributed by atoms with Gasteiger partial charge in [0.05, 0.1) is 13.1 Å². The first-order chi connectivity index (χ1) is 8.42. The van der Waals surface area contributed by atoms with Gasteiger partial charge in [-0.3, -0.25) is 4.99 Å². The van der Waals surface area contributed by atoms with Crippen LogP contribution in [0.25, 0.3) is 0 Å². The molecule has 0 fully saturated rings. The van der Waals surface area contributed by atoms with Crippen molar-refractivity contribution in [1.82, 2.24) is 5.32 Å². The van der Waals surface area contributed by atoms with Crippen molar-refractivity contribution in [2.75, 3.05) is 6.54 Å². The van der Waals surface area contributed by atoms with Crippen LogP contribution in [0.15, 0.2) is 21.5 Å². The van der Waals surface area contributed by atoms with Crippen molar-refractivity contribution < 1.29 is 4.42 Å². The average molecular weight is 266 g/mol. The van der Waals surface area contributed by atoms with Crippen LogP contribution < -0.4 is 5.32 Å². The molecule has 0 saturated carbocycles. The molecular formula is C14H22N2OS. The number of hydrogen-bond acceptors (Lipinski definition) is 4. The summed E-state index contributed by atoms with van der Waals surface area (Å²) < 4.78 is 5.52. The van der Waals surface area contributed by atoms with Crippen LogP contribution in [0.4, 0.5) is 0 Å². The molecule has 2 rings (SSSR count). The van der Waals surface area contributed by atoms with Crippen LogP contribution in [0.1, 0.15) is 38.7 Å². The van der Waals surface area contributed by atoms with Crippen molar-refractivity contribution in [3.63, 3.8) is 0 Å². The Morgan fingerprint density at radius 2 is 2.22 bits per heavy atom. The number of amidine groups is 1. The van der Waals surface area contributed by atoms with Gasteiger partial charge in [-0.05, 0) is 30.9 Å². The van der Waals surface area contributed by atoms with Gasteiger partial charge >= 0.3 is 0 Å². The summed E-state index contributed by atoms with van der Waals surface area (Å²) in [5.41, 5.74) is 0.376. The summed E-state index contributed by atoms with van der Waals surface area (Å²) in [7, 11) is 0. The summed E-state index contributed by atoms with van der Waals surface area (Å²) in [4.78, 5) is 4.55. The topological polar surface area (TPSA) is 37.5 Å². The molecule has 1 aromatic heterocycles. The maximum absolute atomic E-state index is 5.52. The molecule has 0 saturated heterocycles. The van der Waals surface area contributed by atoms with E-state index in [1.807, 2.05) is 30.8 Å². The van der Waals surface area contributed by atoms with E-state index >= 15 is 0 Å². The normalized spacial score (nSPS) is 20.0. The van der Waals surface area contributed by atoms with E-state index in [1.54, 1.807) is 0 Å². The molecule has 0 bridgehead atoms. The second-order valence-corrected chi connectivity index (χ2v) is 7.31. The van der Waals surface area contributed by atoms with Crippen LogP contribution >= 0.6 is 11.8 Å². The highest BCUT2D eigenvalue weighted by molar-refractivity contribution is 8.14. The fraction of sp³-hybridized carbons (Fsp3) is 0.643. The number of nitrogens with zero attached hydrogens (tertiary/aromatic N) is 1. The molecule has 2 heterocycles. The minimum atomic E-state index is 0.376. The lowest BCUT2D eigenvalue weighted by molar-refractivity contribution is 0.375. The highest BCUT2D eigenvalue weighted by Gasteiger charge is 2.24. The number of furan rings is 1. The third-order valence-corrected chi connectivity index (χ3v) is 3.91. The molecule has 0 amide bonds. The van der Waals surface area contributed by atoms with Crippen LogP contribution in [-0.4, -0.2) is 17.0 Å². The van der Waals surface area contributed by atoms with Gasteiger partial charge in [0, 0.05) is 5.25 Å². The molecule has 1 aliphatic rings. The second kappa shape index (κ2) is 5.39. The number of aryl methyl sites for hydroxylation is 1. The van der Waals surface area contributed by atoms with Crippen molar-refractivity contribution >= 4 is 16.9 Å². The molecule has 18 heavy (non-hydrogen) atoms. The van der Waals surface area contributed by atoms with Crippen molar-refractivity contribution in [3.05, 3.63) is 23.7 Å². The minimum Gasteiger partial charge on any atom is -0.465 e. The molecule has 100 valence electrons. The fourth-order valence-electron chi connectivity index (χ4n) is 2.05. The maximum atomic E-state index is 5.52. The Labute approximate surface area is 113 Å². The summed E-state index contributed by atoms with van der Waals surface area (Å²) in [5.74, 6) is 1.92. The van der Waals surface area contributed by atoms with Gasteiger partial charge in [-0.2, -0.15) is 0 Å². The Morgan fingerprint density at radius 3 is 2.83 bits per heavy atom. The standard InChI is InChI=1S/C14H22N2OS/c1-10-5-6-11(17-10)8-15-13-16-9-12(18-13)7-14(2,3)4/h5-6,12H,7-9H2,1-4H3,(H,15,16). The van der Waals surface area contributed by atoms with E-state index in [0.29, 0.717) is 10.7 Å². The Balaban J connectivity index is 1.76. The molecule has 1 aromatic rings. The van der Waals surface area contributed by atoms with E-state index in [0.717, 1.165) is 29.8 Å². The lowest BCUT2D eigenvalue weighted by Crippen LogP contribution is -2.20. The van der Waals surface area contributed by atoms with Crippen molar-refractivity contribution in [1.29, 1.82) is 0 Å². The maximum Gasteiger partial charge on any atom is 0.157 e. The zero-order chi connectivity index (χ0) is 13.2. The van der Waals surface area contributed by atoms with Crippen molar-refractivity contribution in [2.24, 2.45) is 10.4 Å². The van der Waals surface area contributed by atoms with E-state index in [-0.39, 0.29) is 0 Å². The zero-order valence-electron chi connectivity index (χ0n) is 11.6. The summed E-state index contributed by atoms with van der Waals surface area (Å²) in [6.45, 7) is 10.5. The smallest absolute Gasteiger partial charge is 0.157 e. The lowest BCUT2D eigenvalue weighted by atomic mass is 9.90. The first kappa shape index (κ1) is 13.5. The Kier molecular flexibility index (Phi) is 4.05. The molecule has 1 aliphatic heterocycles. The van der Waals surface area contributed by atoms with Crippen molar-refractivity contribution in [3.8, 4) is 0 Å². The van der Waals surface area contributed by atoms with Gasteiger partial charge in [0.25, 0.3) is 0 Å². The lowest BCUT2D eigenvalue weighted by Gasteiger charge is -2.21. The first-order valence-corrected chi connectivity index (χ1v) is 7.31. The Morgan fingerprint density at radius 1 is 1.44 bits per heavy atom. The van der Waals surface area contributed by atoms with Crippen LogP contribution in [0.2, 0.25) is 0 Å². The quantitative estimate of drug-likeness (QED) is 0.908. The molecule has 0 aliphatic carbocycles. The summed E-state index contributed by atoms with van der Waals surface area (Å²) in [5, 5.41) is 5.02. The third kappa shape index (κ3) is 4.09. The van der Waals surface area contributed by atoms with E-state index in [2.05, 4.69) is 31.1 Å². The highest BCUT2D eigenvalue weighted by atomic mass is 32.2. The summed E-state index contributed by atoms with van der Waals surface area (Å²) in [6.07, 6.45) is 1.20. The molecule has 1 atom stereocenters. The molecule has 1 unspecified atom stereocenters. The van der Waals surface area contributed by atoms with Crippen LogP contribution in [-0.2, 0) is 6.54 Å². The zero-order valence-corrected chi connectivity index (χ0v) is 12.4. The average Bonchev–Trinajstić information content (AvgIpc) is 2.82. The van der Waals surface area contributed by atoms with E-state index in [4.69, 9.17) is 4.42 Å². The molecule has 4 heteroatoms. The van der Waals surface area contributed by atoms with Gasteiger partial charge in [-0.15, -0.1) is 0 Å². The van der Waals surface area contributed by atoms with Crippen LogP contribution in [0.5, 0.6) is 0 Å². The minimum absolute atomic E-state index is 0.376. The number of nitrogens with one attached hydrogen (secondary N) is 1. The largest absolute Gasteiger partial charge is 0.465 e. The third-order valence-electron chi connectivity index (χ3n) is 2.77. The van der Waals surface area contributed by atoms with Crippen LogP contribution in [0, 0.1) is 12.3 Å². The van der Waals surface area contributed by atoms with E-state index < -0.39 is 0 Å². The Bertz CT molecular complexity index is 431. The Hall–Kier alpha value is -0.900. The van der Waals surface area contributed by atoms with E-state index in [1.165, 1.54) is 6.42 Å². The van der Waals surface area contributed by atoms with Crippen molar-refractivity contribution in [2.45, 2.75) is 45.9 Å². The number of hydrogen-bond donors (Lipinski definition) is 1. The molecular weight excluding hydrogens is 244 g/mol. The predicted molar refractivity (Wildman–Crippen MR) is 78.0 cm³/mol. The first-order valence-electron chi connectivity index (χ1n) is 6.43. The molecule has 1 N–H and O–H groups in total. The fourth-order valence-corrected chi connectivity index (χ4v) is 3.40. The van der Waals surface area contributed by atoms with Gasteiger partial charge in [0.2, 0.25) is 0 Å². The monoisotopic (exact) mass is 266 g/mol. The van der Waals surface area contributed by atoms with Gasteiger partial charge < -0.3 is 9.73 Å². The SMILES string of the molecule is Cc1ccc(CNC2=NCC(CC(C)(C)C)S2)o1. The summed E-state index contributed by atoms with van der Waals surface area (Å²) >= 11 is 1.86. The number of aliphatic imine (C=N–C) groups is 1. The molecule has 3 nitrogen and oxygen atoms in total. The van der Waals surface area contributed by atoms with Gasteiger partial charge in [0.15, 0.2) is 5.17 Å². The molecule has 0 spiro atoms. The highest BCUT2D eigenvalue weighted by Crippen LogP contribution is 2.31. The van der Waals surface area contributed by atoms with Gasteiger partial charge in [0.1, 0.15) is 11.5 Å². The van der Waals surface area contributed by atoms with Gasteiger partial charge in [-0.25, -0.2) is 0 Å². The van der Waals surface area contributed by atoms with E-state index in [9.17, 15) is 0 Å². The molecule has 0 aromatic carbocycles. The van der Waals surface area contributed by atoms with Crippen LogP contribution in [0.3, 0.4) is 0 Å². The number of rotatable bonds is 3. The second-order valence-electron chi connectivity index (χ2n) is 6.02. The summed E-state index contributed by atoms with van der Waals surface area (Å²) in [6, 6.07) is 4.00. The predicted octanol–water partition coefficient (Wildman–Crippen LogP) is 3.59. The molecule has 0 radical (unpaired) electrons. The number of thioether (sulfide) groups is 1.